The smallest absolute Gasteiger partial charge is 0.337 e. The first-order chi connectivity index (χ1) is 13.1. The molecule has 0 aliphatic carbocycles. The number of carbonyl (C=O) groups excluding carboxylic acids is 2. The number of methoxy groups -OCH3 is 1. The predicted molar refractivity (Wildman–Crippen MR) is 107 cm³/mol. The molecule has 0 spiro atoms. The average Bonchev–Trinajstić information content (AvgIpc) is 3.19. The Labute approximate surface area is 161 Å². The van der Waals surface area contributed by atoms with Crippen molar-refractivity contribution >= 4 is 28.9 Å². The summed E-state index contributed by atoms with van der Waals surface area (Å²) in [6, 6.07) is 18.2. The minimum atomic E-state index is -0.394. The Bertz CT molecular complexity index is 1010. The molecule has 0 saturated heterocycles. The Morgan fingerprint density at radius 2 is 1.74 bits per heavy atom. The number of carbonyl (C=O) groups is 2. The van der Waals surface area contributed by atoms with Crippen molar-refractivity contribution in [3.63, 3.8) is 0 Å². The highest BCUT2D eigenvalue weighted by Gasteiger charge is 2.06. The van der Waals surface area contributed by atoms with E-state index in [-0.39, 0.29) is 5.91 Å². The van der Waals surface area contributed by atoms with Crippen LogP contribution in [0.2, 0.25) is 0 Å². The highest BCUT2D eigenvalue weighted by atomic mass is 32.1. The molecular formula is C22H17NO3S. The number of anilines is 1. The van der Waals surface area contributed by atoms with Crippen LogP contribution in [0.1, 0.15) is 26.4 Å². The number of hydrogen-bond donors (Lipinski definition) is 1. The largest absolute Gasteiger partial charge is 0.465 e. The van der Waals surface area contributed by atoms with E-state index < -0.39 is 5.97 Å². The van der Waals surface area contributed by atoms with Crippen molar-refractivity contribution in [2.75, 3.05) is 12.4 Å². The molecule has 0 aliphatic rings. The van der Waals surface area contributed by atoms with Gasteiger partial charge in [0.15, 0.2) is 0 Å². The summed E-state index contributed by atoms with van der Waals surface area (Å²) in [4.78, 5) is 24.7. The van der Waals surface area contributed by atoms with E-state index in [1.165, 1.54) is 7.11 Å². The molecule has 1 N–H and O–H groups in total. The van der Waals surface area contributed by atoms with Gasteiger partial charge in [0, 0.05) is 21.7 Å². The van der Waals surface area contributed by atoms with Gasteiger partial charge in [-0.15, -0.1) is 11.3 Å². The first-order valence-corrected chi connectivity index (χ1v) is 9.15. The lowest BCUT2D eigenvalue weighted by molar-refractivity contribution is -0.115. The Morgan fingerprint density at radius 1 is 1.00 bits per heavy atom. The van der Waals surface area contributed by atoms with Crippen LogP contribution in [0.5, 0.6) is 0 Å². The fourth-order valence-electron chi connectivity index (χ4n) is 2.44. The molecule has 27 heavy (non-hydrogen) atoms. The summed E-state index contributed by atoms with van der Waals surface area (Å²) in [5.41, 5.74) is 2.64. The van der Waals surface area contributed by atoms with Gasteiger partial charge < -0.3 is 10.1 Å². The van der Waals surface area contributed by atoms with Gasteiger partial charge in [-0.1, -0.05) is 30.0 Å². The zero-order valence-electron chi connectivity index (χ0n) is 14.7. The maximum atomic E-state index is 12.1. The van der Waals surface area contributed by atoms with Crippen LogP contribution in [0, 0.1) is 11.8 Å². The first kappa shape index (κ1) is 18.4. The highest BCUT2D eigenvalue weighted by molar-refractivity contribution is 7.10. The van der Waals surface area contributed by atoms with E-state index in [1.54, 1.807) is 29.5 Å². The third-order valence-electron chi connectivity index (χ3n) is 3.70. The third kappa shape index (κ3) is 5.30. The van der Waals surface area contributed by atoms with Gasteiger partial charge in [0.1, 0.15) is 0 Å². The minimum Gasteiger partial charge on any atom is -0.465 e. The summed E-state index contributed by atoms with van der Waals surface area (Å²) in [7, 11) is 1.35. The number of benzene rings is 2. The van der Waals surface area contributed by atoms with Crippen LogP contribution in [-0.2, 0) is 16.0 Å². The van der Waals surface area contributed by atoms with Crippen molar-refractivity contribution in [1.29, 1.82) is 0 Å². The van der Waals surface area contributed by atoms with Gasteiger partial charge in [0.25, 0.3) is 0 Å². The fourth-order valence-corrected chi connectivity index (χ4v) is 3.14. The molecule has 1 aromatic heterocycles. The second kappa shape index (κ2) is 8.84. The molecular weight excluding hydrogens is 358 g/mol. The lowest BCUT2D eigenvalue weighted by atomic mass is 10.1. The number of amides is 1. The number of nitrogens with one attached hydrogen (secondary N) is 1. The molecule has 4 nitrogen and oxygen atoms in total. The molecule has 0 atom stereocenters. The summed E-state index contributed by atoms with van der Waals surface area (Å²) >= 11 is 1.56. The van der Waals surface area contributed by atoms with Crippen LogP contribution < -0.4 is 5.32 Å². The molecule has 2 aromatic carbocycles. The Balaban J connectivity index is 1.70. The Morgan fingerprint density at radius 3 is 2.44 bits per heavy atom. The predicted octanol–water partition coefficient (Wildman–Crippen LogP) is 4.12. The maximum Gasteiger partial charge on any atom is 0.337 e. The lowest BCUT2D eigenvalue weighted by Gasteiger charge is -2.04. The molecule has 0 unspecified atom stereocenters. The highest BCUT2D eigenvalue weighted by Crippen LogP contribution is 2.13. The van der Waals surface area contributed by atoms with Gasteiger partial charge in [0.05, 0.1) is 19.1 Å². The minimum absolute atomic E-state index is 0.0617. The standard InChI is InChI=1S/C22H17NO3S/c1-26-22(25)18-7-2-5-16(13-18)10-11-17-6-3-8-19(14-17)23-21(24)15-20-9-4-12-27-20/h2-9,12-14H,15H2,1H3,(H,23,24). The van der Waals surface area contributed by atoms with Crippen LogP contribution in [0.3, 0.4) is 0 Å². The SMILES string of the molecule is COC(=O)c1cccc(C#Cc2cccc(NC(=O)Cc3cccs3)c2)c1. The molecule has 0 aliphatic heterocycles. The second-order valence-corrected chi connectivity index (χ2v) is 6.74. The summed E-state index contributed by atoms with van der Waals surface area (Å²) in [6.45, 7) is 0. The van der Waals surface area contributed by atoms with Gasteiger partial charge in [-0.25, -0.2) is 4.79 Å². The zero-order valence-corrected chi connectivity index (χ0v) is 15.5. The van der Waals surface area contributed by atoms with E-state index in [4.69, 9.17) is 4.74 Å². The molecule has 3 rings (SSSR count). The van der Waals surface area contributed by atoms with Gasteiger partial charge >= 0.3 is 5.97 Å². The molecule has 5 heteroatoms. The molecule has 0 radical (unpaired) electrons. The van der Waals surface area contributed by atoms with Crippen LogP contribution in [0.15, 0.2) is 66.0 Å². The van der Waals surface area contributed by atoms with E-state index in [1.807, 2.05) is 47.8 Å². The van der Waals surface area contributed by atoms with Gasteiger partial charge in [0.2, 0.25) is 5.91 Å². The molecule has 3 aromatic rings. The van der Waals surface area contributed by atoms with Gasteiger partial charge in [-0.3, -0.25) is 4.79 Å². The summed E-state index contributed by atoms with van der Waals surface area (Å²) in [6.07, 6.45) is 0.355. The quantitative estimate of drug-likeness (QED) is 0.551. The number of esters is 1. The van der Waals surface area contributed by atoms with Gasteiger partial charge in [-0.2, -0.15) is 0 Å². The van der Waals surface area contributed by atoms with Crippen LogP contribution in [-0.4, -0.2) is 19.0 Å². The topological polar surface area (TPSA) is 55.4 Å². The Kier molecular flexibility index (Phi) is 6.03. The van der Waals surface area contributed by atoms with E-state index in [9.17, 15) is 9.59 Å². The molecule has 0 fully saturated rings. The zero-order chi connectivity index (χ0) is 19.1. The second-order valence-electron chi connectivity index (χ2n) is 5.71. The number of rotatable bonds is 4. The monoisotopic (exact) mass is 375 g/mol. The Hall–Kier alpha value is -3.36. The first-order valence-electron chi connectivity index (χ1n) is 8.27. The van der Waals surface area contributed by atoms with Gasteiger partial charge in [-0.05, 0) is 47.8 Å². The normalized spacial score (nSPS) is 9.81. The molecule has 134 valence electrons. The number of thiophene rings is 1. The molecule has 0 bridgehead atoms. The fraction of sp³-hybridized carbons (Fsp3) is 0.0909. The average molecular weight is 375 g/mol. The van der Waals surface area contributed by atoms with E-state index in [0.29, 0.717) is 23.2 Å². The lowest BCUT2D eigenvalue weighted by Crippen LogP contribution is -2.13. The summed E-state index contributed by atoms with van der Waals surface area (Å²) < 4.78 is 4.72. The van der Waals surface area contributed by atoms with Crippen molar-refractivity contribution in [3.05, 3.63) is 87.6 Å². The van der Waals surface area contributed by atoms with Crippen molar-refractivity contribution in [2.24, 2.45) is 0 Å². The van der Waals surface area contributed by atoms with Crippen molar-refractivity contribution in [1.82, 2.24) is 0 Å². The van der Waals surface area contributed by atoms with Crippen molar-refractivity contribution < 1.29 is 14.3 Å². The summed E-state index contributed by atoms with van der Waals surface area (Å²) in [5, 5.41) is 4.84. The van der Waals surface area contributed by atoms with E-state index in [2.05, 4.69) is 17.2 Å². The van der Waals surface area contributed by atoms with Crippen LogP contribution >= 0.6 is 11.3 Å². The van der Waals surface area contributed by atoms with E-state index in [0.717, 1.165) is 10.4 Å². The third-order valence-corrected chi connectivity index (χ3v) is 4.57. The molecule has 1 amide bonds. The maximum absolute atomic E-state index is 12.1. The van der Waals surface area contributed by atoms with Crippen molar-refractivity contribution in [2.45, 2.75) is 6.42 Å². The van der Waals surface area contributed by atoms with Crippen LogP contribution in [0.25, 0.3) is 0 Å². The van der Waals surface area contributed by atoms with Crippen molar-refractivity contribution in [3.8, 4) is 11.8 Å². The van der Waals surface area contributed by atoms with E-state index >= 15 is 0 Å². The molecule has 1 heterocycles. The number of hydrogen-bond acceptors (Lipinski definition) is 4. The molecule has 0 saturated carbocycles. The summed E-state index contributed by atoms with van der Waals surface area (Å²) in [5.74, 6) is 5.63. The number of ether oxygens (including phenoxy) is 1. The van der Waals surface area contributed by atoms with Crippen LogP contribution in [0.4, 0.5) is 5.69 Å².